The van der Waals surface area contributed by atoms with E-state index in [0.29, 0.717) is 17.9 Å². The predicted octanol–water partition coefficient (Wildman–Crippen LogP) is 1.63. The highest BCUT2D eigenvalue weighted by atomic mass is 16.2. The lowest BCUT2D eigenvalue weighted by atomic mass is 9.89. The molecule has 0 bridgehead atoms. The molecule has 3 heteroatoms. The van der Waals surface area contributed by atoms with Crippen molar-refractivity contribution in [2.24, 2.45) is 17.8 Å². The molecule has 2 aliphatic heterocycles. The molecule has 0 radical (unpaired) electrons. The number of nitrogens with one attached hydrogen (secondary N) is 1. The predicted molar refractivity (Wildman–Crippen MR) is 67.6 cm³/mol. The van der Waals surface area contributed by atoms with Crippen molar-refractivity contribution in [2.75, 3.05) is 19.6 Å². The molecule has 3 fully saturated rings. The highest BCUT2D eigenvalue weighted by Gasteiger charge is 2.41. The Balaban J connectivity index is 1.72. The van der Waals surface area contributed by atoms with Gasteiger partial charge in [0.25, 0.3) is 0 Å². The molecule has 1 saturated carbocycles. The van der Waals surface area contributed by atoms with Crippen molar-refractivity contribution >= 4 is 5.91 Å². The normalized spacial score (nSPS) is 41.6. The lowest BCUT2D eigenvalue weighted by molar-refractivity contribution is -0.140. The van der Waals surface area contributed by atoms with Crippen molar-refractivity contribution in [3.05, 3.63) is 0 Å². The van der Waals surface area contributed by atoms with Crippen molar-refractivity contribution < 1.29 is 4.79 Å². The van der Waals surface area contributed by atoms with E-state index in [2.05, 4.69) is 17.1 Å². The molecule has 96 valence electrons. The van der Waals surface area contributed by atoms with Crippen molar-refractivity contribution in [3.63, 3.8) is 0 Å². The van der Waals surface area contributed by atoms with E-state index in [1.165, 1.54) is 32.1 Å². The number of rotatable bonds is 1. The monoisotopic (exact) mass is 236 g/mol. The maximum Gasteiger partial charge on any atom is 0.227 e. The molecule has 3 rings (SSSR count). The van der Waals surface area contributed by atoms with Gasteiger partial charge in [-0.05, 0) is 44.1 Å². The number of hydrogen-bond donors (Lipinski definition) is 1. The first kappa shape index (κ1) is 11.5. The van der Waals surface area contributed by atoms with Crippen LogP contribution in [0.3, 0.4) is 0 Å². The van der Waals surface area contributed by atoms with Crippen LogP contribution in [0.1, 0.15) is 39.0 Å². The van der Waals surface area contributed by atoms with E-state index in [-0.39, 0.29) is 5.92 Å². The fraction of sp³-hybridized carbons (Fsp3) is 0.929. The Kier molecular flexibility index (Phi) is 3.12. The van der Waals surface area contributed by atoms with Gasteiger partial charge in [-0.2, -0.15) is 0 Å². The maximum atomic E-state index is 12.6. The fourth-order valence-electron chi connectivity index (χ4n) is 4.08. The summed E-state index contributed by atoms with van der Waals surface area (Å²) in [6.07, 6.45) is 6.52. The van der Waals surface area contributed by atoms with Crippen LogP contribution in [0, 0.1) is 17.8 Å². The summed E-state index contributed by atoms with van der Waals surface area (Å²) >= 11 is 0. The van der Waals surface area contributed by atoms with Gasteiger partial charge in [-0.1, -0.05) is 13.3 Å². The molecular weight excluding hydrogens is 212 g/mol. The van der Waals surface area contributed by atoms with E-state index in [1.807, 2.05) is 0 Å². The van der Waals surface area contributed by atoms with Crippen LogP contribution in [-0.4, -0.2) is 36.5 Å². The molecule has 2 heterocycles. The second-order valence-corrected chi connectivity index (χ2v) is 6.17. The molecule has 1 aliphatic carbocycles. The van der Waals surface area contributed by atoms with E-state index in [0.717, 1.165) is 25.6 Å². The first-order valence-corrected chi connectivity index (χ1v) is 7.28. The number of carbonyl (C=O) groups is 1. The first-order valence-electron chi connectivity index (χ1n) is 7.28. The summed E-state index contributed by atoms with van der Waals surface area (Å²) in [6.45, 7) is 5.13. The topological polar surface area (TPSA) is 32.3 Å². The summed E-state index contributed by atoms with van der Waals surface area (Å²) < 4.78 is 0. The molecule has 3 nitrogen and oxygen atoms in total. The van der Waals surface area contributed by atoms with Crippen molar-refractivity contribution in [3.8, 4) is 0 Å². The third-order valence-electron chi connectivity index (χ3n) is 5.11. The average molecular weight is 236 g/mol. The largest absolute Gasteiger partial charge is 0.339 e. The van der Waals surface area contributed by atoms with E-state index in [9.17, 15) is 4.79 Å². The van der Waals surface area contributed by atoms with Gasteiger partial charge >= 0.3 is 0 Å². The van der Waals surface area contributed by atoms with Gasteiger partial charge in [0.1, 0.15) is 0 Å². The SMILES string of the molecule is CC1CNCC1C(=O)N1CCCC2CCCC21. The van der Waals surface area contributed by atoms with Crippen LogP contribution in [0.15, 0.2) is 0 Å². The molecule has 3 aliphatic rings. The molecule has 1 amide bonds. The third kappa shape index (κ3) is 1.99. The average Bonchev–Trinajstić information content (AvgIpc) is 2.95. The van der Waals surface area contributed by atoms with Crippen LogP contribution >= 0.6 is 0 Å². The van der Waals surface area contributed by atoms with Crippen molar-refractivity contribution in [1.82, 2.24) is 10.2 Å². The van der Waals surface area contributed by atoms with Crippen LogP contribution in [0.4, 0.5) is 0 Å². The lowest BCUT2D eigenvalue weighted by Gasteiger charge is -2.39. The minimum Gasteiger partial charge on any atom is -0.339 e. The second kappa shape index (κ2) is 4.60. The minimum absolute atomic E-state index is 0.245. The molecular formula is C14H24N2O. The van der Waals surface area contributed by atoms with Crippen molar-refractivity contribution in [2.45, 2.75) is 45.1 Å². The molecule has 0 aromatic rings. The quantitative estimate of drug-likeness (QED) is 0.750. The number of likely N-dealkylation sites (tertiary alicyclic amines) is 1. The van der Waals surface area contributed by atoms with Gasteiger partial charge in [0, 0.05) is 19.1 Å². The highest BCUT2D eigenvalue weighted by molar-refractivity contribution is 5.80. The summed E-state index contributed by atoms with van der Waals surface area (Å²) in [5, 5.41) is 3.35. The van der Waals surface area contributed by atoms with Gasteiger partial charge < -0.3 is 10.2 Å². The van der Waals surface area contributed by atoms with Gasteiger partial charge in [0.15, 0.2) is 0 Å². The van der Waals surface area contributed by atoms with E-state index in [4.69, 9.17) is 0 Å². The Hall–Kier alpha value is -0.570. The second-order valence-electron chi connectivity index (χ2n) is 6.17. The van der Waals surface area contributed by atoms with Gasteiger partial charge in [-0.15, -0.1) is 0 Å². The molecule has 0 spiro atoms. The Labute approximate surface area is 104 Å². The molecule has 17 heavy (non-hydrogen) atoms. The van der Waals surface area contributed by atoms with E-state index < -0.39 is 0 Å². The Morgan fingerprint density at radius 1 is 1.18 bits per heavy atom. The molecule has 0 aromatic carbocycles. The van der Waals surface area contributed by atoms with Crippen LogP contribution < -0.4 is 5.32 Å². The Morgan fingerprint density at radius 3 is 2.76 bits per heavy atom. The van der Waals surface area contributed by atoms with Crippen LogP contribution in [0.25, 0.3) is 0 Å². The fourth-order valence-corrected chi connectivity index (χ4v) is 4.08. The van der Waals surface area contributed by atoms with Gasteiger partial charge in [-0.25, -0.2) is 0 Å². The van der Waals surface area contributed by atoms with E-state index in [1.54, 1.807) is 0 Å². The summed E-state index contributed by atoms with van der Waals surface area (Å²) in [4.78, 5) is 14.9. The number of hydrogen-bond acceptors (Lipinski definition) is 2. The van der Waals surface area contributed by atoms with Crippen LogP contribution in [0.2, 0.25) is 0 Å². The molecule has 2 saturated heterocycles. The smallest absolute Gasteiger partial charge is 0.227 e. The zero-order valence-corrected chi connectivity index (χ0v) is 10.8. The number of carbonyl (C=O) groups excluding carboxylic acids is 1. The van der Waals surface area contributed by atoms with Crippen LogP contribution in [0.5, 0.6) is 0 Å². The summed E-state index contributed by atoms with van der Waals surface area (Å²) in [5.74, 6) is 2.02. The summed E-state index contributed by atoms with van der Waals surface area (Å²) in [7, 11) is 0. The Morgan fingerprint density at radius 2 is 2.00 bits per heavy atom. The van der Waals surface area contributed by atoms with Gasteiger partial charge in [0.2, 0.25) is 5.91 Å². The maximum absolute atomic E-state index is 12.6. The molecule has 4 unspecified atom stereocenters. The standard InChI is InChI=1S/C14H24N2O/c1-10-8-15-9-12(10)14(17)16-7-3-5-11-4-2-6-13(11)16/h10-13,15H,2-9H2,1H3. The van der Waals surface area contributed by atoms with Crippen molar-refractivity contribution in [1.29, 1.82) is 0 Å². The zero-order chi connectivity index (χ0) is 11.8. The number of piperidine rings is 1. The molecule has 4 atom stereocenters. The lowest BCUT2D eigenvalue weighted by Crippen LogP contribution is -2.49. The summed E-state index contributed by atoms with van der Waals surface area (Å²) in [6, 6.07) is 0.587. The Bertz CT molecular complexity index is 305. The van der Waals surface area contributed by atoms with Gasteiger partial charge in [-0.3, -0.25) is 4.79 Å². The highest BCUT2D eigenvalue weighted by Crippen LogP contribution is 2.38. The minimum atomic E-state index is 0.245. The van der Waals surface area contributed by atoms with Gasteiger partial charge in [0.05, 0.1) is 5.92 Å². The van der Waals surface area contributed by atoms with E-state index >= 15 is 0 Å². The number of fused-ring (bicyclic) bond motifs is 1. The number of amides is 1. The third-order valence-corrected chi connectivity index (χ3v) is 5.11. The molecule has 1 N–H and O–H groups in total. The first-order chi connectivity index (χ1) is 8.27. The summed E-state index contributed by atoms with van der Waals surface area (Å²) in [5.41, 5.74) is 0. The number of nitrogens with zero attached hydrogens (tertiary/aromatic N) is 1. The molecule has 0 aromatic heterocycles. The zero-order valence-electron chi connectivity index (χ0n) is 10.8. The van der Waals surface area contributed by atoms with Crippen LogP contribution in [-0.2, 0) is 4.79 Å².